The Labute approximate surface area is 100 Å². The molecule has 1 aromatic heterocycles. The van der Waals surface area contributed by atoms with Gasteiger partial charge < -0.3 is 15.2 Å². The molecule has 1 fully saturated rings. The fourth-order valence-corrected chi connectivity index (χ4v) is 1.83. The number of nitrogens with one attached hydrogen (secondary N) is 2. The van der Waals surface area contributed by atoms with Crippen LogP contribution in [0.1, 0.15) is 16.2 Å². The zero-order valence-corrected chi connectivity index (χ0v) is 10.0. The molecule has 17 heavy (non-hydrogen) atoms. The second-order valence-corrected chi connectivity index (χ2v) is 4.17. The minimum absolute atomic E-state index is 0.169. The average molecular weight is 238 g/mol. The van der Waals surface area contributed by atoms with Crippen molar-refractivity contribution >= 4 is 5.91 Å². The molecule has 2 heterocycles. The first-order valence-corrected chi connectivity index (χ1v) is 5.90. The fourth-order valence-electron chi connectivity index (χ4n) is 1.83. The van der Waals surface area contributed by atoms with Crippen LogP contribution in [0.25, 0.3) is 0 Å². The van der Waals surface area contributed by atoms with E-state index in [1.807, 2.05) is 0 Å². The zero-order chi connectivity index (χ0) is 12.1. The van der Waals surface area contributed by atoms with E-state index in [0.29, 0.717) is 18.0 Å². The maximum atomic E-state index is 11.6. The highest BCUT2D eigenvalue weighted by Crippen LogP contribution is 2.00. The number of piperazine rings is 1. The van der Waals surface area contributed by atoms with Crippen molar-refractivity contribution in [1.82, 2.24) is 20.7 Å². The SMILES string of the molecule is Cc1cc(C(=O)NCCN2CCNCC2)no1. The highest BCUT2D eigenvalue weighted by Gasteiger charge is 2.12. The van der Waals surface area contributed by atoms with Crippen molar-refractivity contribution in [3.8, 4) is 0 Å². The van der Waals surface area contributed by atoms with Gasteiger partial charge >= 0.3 is 0 Å². The van der Waals surface area contributed by atoms with Crippen molar-refractivity contribution in [2.75, 3.05) is 39.3 Å². The number of carbonyl (C=O) groups is 1. The van der Waals surface area contributed by atoms with Gasteiger partial charge in [-0.25, -0.2) is 0 Å². The average Bonchev–Trinajstić information content (AvgIpc) is 2.77. The third-order valence-electron chi connectivity index (χ3n) is 2.78. The largest absolute Gasteiger partial charge is 0.361 e. The highest BCUT2D eigenvalue weighted by molar-refractivity contribution is 5.92. The maximum absolute atomic E-state index is 11.6. The summed E-state index contributed by atoms with van der Waals surface area (Å²) in [6.07, 6.45) is 0. The molecule has 1 aliphatic rings. The highest BCUT2D eigenvalue weighted by atomic mass is 16.5. The van der Waals surface area contributed by atoms with Gasteiger partial charge in [-0.05, 0) is 6.92 Å². The van der Waals surface area contributed by atoms with Crippen LogP contribution in [0.4, 0.5) is 0 Å². The number of hydrogen-bond donors (Lipinski definition) is 2. The lowest BCUT2D eigenvalue weighted by Crippen LogP contribution is -2.46. The summed E-state index contributed by atoms with van der Waals surface area (Å²) >= 11 is 0. The molecule has 1 aromatic rings. The van der Waals surface area contributed by atoms with E-state index in [0.717, 1.165) is 32.7 Å². The van der Waals surface area contributed by atoms with E-state index >= 15 is 0 Å². The van der Waals surface area contributed by atoms with Gasteiger partial charge in [0.15, 0.2) is 5.69 Å². The van der Waals surface area contributed by atoms with Gasteiger partial charge in [-0.15, -0.1) is 0 Å². The predicted molar refractivity (Wildman–Crippen MR) is 62.9 cm³/mol. The first kappa shape index (κ1) is 12.1. The van der Waals surface area contributed by atoms with Gasteiger partial charge in [0.05, 0.1) is 0 Å². The number of aromatic nitrogens is 1. The second kappa shape index (κ2) is 5.79. The lowest BCUT2D eigenvalue weighted by molar-refractivity contribution is 0.0938. The normalized spacial score (nSPS) is 17.0. The van der Waals surface area contributed by atoms with Gasteiger partial charge in [0, 0.05) is 45.3 Å². The summed E-state index contributed by atoms with van der Waals surface area (Å²) in [5.74, 6) is 0.481. The van der Waals surface area contributed by atoms with E-state index in [1.54, 1.807) is 13.0 Å². The van der Waals surface area contributed by atoms with Crippen molar-refractivity contribution in [1.29, 1.82) is 0 Å². The summed E-state index contributed by atoms with van der Waals surface area (Å²) in [5, 5.41) is 9.80. The van der Waals surface area contributed by atoms with Crippen LogP contribution < -0.4 is 10.6 Å². The molecular formula is C11H18N4O2. The smallest absolute Gasteiger partial charge is 0.273 e. The van der Waals surface area contributed by atoms with Crippen molar-refractivity contribution in [2.45, 2.75) is 6.92 Å². The van der Waals surface area contributed by atoms with Gasteiger partial charge in [0.1, 0.15) is 5.76 Å². The standard InChI is InChI=1S/C11H18N4O2/c1-9-8-10(14-17-9)11(16)13-4-7-15-5-2-12-3-6-15/h8,12H,2-7H2,1H3,(H,13,16). The van der Waals surface area contributed by atoms with Gasteiger partial charge in [-0.3, -0.25) is 9.69 Å². The topological polar surface area (TPSA) is 70.4 Å². The number of carbonyl (C=O) groups excluding carboxylic acids is 1. The molecule has 0 radical (unpaired) electrons. The van der Waals surface area contributed by atoms with E-state index in [1.165, 1.54) is 0 Å². The van der Waals surface area contributed by atoms with E-state index in [2.05, 4.69) is 20.7 Å². The molecule has 6 heteroatoms. The number of nitrogens with zero attached hydrogens (tertiary/aromatic N) is 2. The van der Waals surface area contributed by atoms with E-state index in [4.69, 9.17) is 4.52 Å². The van der Waals surface area contributed by atoms with Gasteiger partial charge in [0.2, 0.25) is 0 Å². The minimum atomic E-state index is -0.169. The van der Waals surface area contributed by atoms with Crippen LogP contribution in [0.15, 0.2) is 10.6 Å². The molecule has 2 N–H and O–H groups in total. The van der Waals surface area contributed by atoms with E-state index < -0.39 is 0 Å². The van der Waals surface area contributed by atoms with Crippen LogP contribution in [0.5, 0.6) is 0 Å². The molecule has 0 spiro atoms. The molecular weight excluding hydrogens is 220 g/mol. The molecule has 6 nitrogen and oxygen atoms in total. The van der Waals surface area contributed by atoms with Crippen molar-refractivity contribution in [3.63, 3.8) is 0 Å². The van der Waals surface area contributed by atoms with Gasteiger partial charge in [0.25, 0.3) is 5.91 Å². The molecule has 0 aromatic carbocycles. The third kappa shape index (κ3) is 3.54. The number of hydrogen-bond acceptors (Lipinski definition) is 5. The number of rotatable bonds is 4. The van der Waals surface area contributed by atoms with Crippen molar-refractivity contribution < 1.29 is 9.32 Å². The molecule has 0 bridgehead atoms. The van der Waals surface area contributed by atoms with Crippen LogP contribution in [-0.4, -0.2) is 55.2 Å². The Bertz CT molecular complexity index is 371. The summed E-state index contributed by atoms with van der Waals surface area (Å²) in [6.45, 7) is 7.42. The lowest BCUT2D eigenvalue weighted by atomic mass is 10.3. The summed E-state index contributed by atoms with van der Waals surface area (Å²) in [4.78, 5) is 14.0. The second-order valence-electron chi connectivity index (χ2n) is 4.17. The fraction of sp³-hybridized carbons (Fsp3) is 0.636. The molecule has 0 unspecified atom stereocenters. The first-order chi connectivity index (χ1) is 8.25. The number of aryl methyl sites for hydroxylation is 1. The van der Waals surface area contributed by atoms with Crippen LogP contribution in [0.3, 0.4) is 0 Å². The van der Waals surface area contributed by atoms with E-state index in [9.17, 15) is 4.79 Å². The van der Waals surface area contributed by atoms with Crippen LogP contribution in [0, 0.1) is 6.92 Å². The molecule has 1 saturated heterocycles. The van der Waals surface area contributed by atoms with Crippen LogP contribution in [-0.2, 0) is 0 Å². The summed E-state index contributed by atoms with van der Waals surface area (Å²) in [7, 11) is 0. The Morgan fingerprint density at radius 3 is 3.00 bits per heavy atom. The molecule has 0 atom stereocenters. The van der Waals surface area contributed by atoms with Crippen LogP contribution in [0.2, 0.25) is 0 Å². The molecule has 2 rings (SSSR count). The predicted octanol–water partition coefficient (Wildman–Crippen LogP) is -0.382. The Morgan fingerprint density at radius 1 is 1.59 bits per heavy atom. The summed E-state index contributed by atoms with van der Waals surface area (Å²) < 4.78 is 4.85. The quantitative estimate of drug-likeness (QED) is 0.748. The number of amides is 1. The van der Waals surface area contributed by atoms with E-state index in [-0.39, 0.29) is 5.91 Å². The Kier molecular flexibility index (Phi) is 4.11. The van der Waals surface area contributed by atoms with Crippen LogP contribution >= 0.6 is 0 Å². The van der Waals surface area contributed by atoms with Crippen molar-refractivity contribution in [2.24, 2.45) is 0 Å². The van der Waals surface area contributed by atoms with Gasteiger partial charge in [-0.1, -0.05) is 5.16 Å². The minimum Gasteiger partial charge on any atom is -0.361 e. The zero-order valence-electron chi connectivity index (χ0n) is 10.0. The summed E-state index contributed by atoms with van der Waals surface area (Å²) in [5.41, 5.74) is 0.350. The third-order valence-corrected chi connectivity index (χ3v) is 2.78. The maximum Gasteiger partial charge on any atom is 0.273 e. The Balaban J connectivity index is 1.69. The molecule has 0 saturated carbocycles. The first-order valence-electron chi connectivity index (χ1n) is 5.90. The molecule has 1 amide bonds. The van der Waals surface area contributed by atoms with Gasteiger partial charge in [-0.2, -0.15) is 0 Å². The Hall–Kier alpha value is -1.40. The Morgan fingerprint density at radius 2 is 2.35 bits per heavy atom. The molecule has 0 aliphatic carbocycles. The molecule has 1 aliphatic heterocycles. The lowest BCUT2D eigenvalue weighted by Gasteiger charge is -2.26. The monoisotopic (exact) mass is 238 g/mol. The van der Waals surface area contributed by atoms with Crippen molar-refractivity contribution in [3.05, 3.63) is 17.5 Å². The molecule has 94 valence electrons. The summed E-state index contributed by atoms with van der Waals surface area (Å²) in [6, 6.07) is 1.64.